The predicted molar refractivity (Wildman–Crippen MR) is 50.0 cm³/mol. The van der Waals surface area contributed by atoms with Gasteiger partial charge < -0.3 is 10.8 Å². The van der Waals surface area contributed by atoms with Crippen molar-refractivity contribution in [3.63, 3.8) is 0 Å². The number of aliphatic hydroxyl groups is 1. The third-order valence-corrected chi connectivity index (χ3v) is 2.39. The molecule has 2 unspecified atom stereocenters. The number of hydrogen-bond acceptors (Lipinski definition) is 3. The number of rotatable bonds is 3. The van der Waals surface area contributed by atoms with Gasteiger partial charge in [0.1, 0.15) is 0 Å². The number of β-amino-alcohol motifs (C(OH)–C–C–N with tert-alkyl or cyclic N) is 1. The zero-order chi connectivity index (χ0) is 9.84. The number of amides is 1. The van der Waals surface area contributed by atoms with E-state index in [9.17, 15) is 9.90 Å². The first-order valence-electron chi connectivity index (χ1n) is 4.76. The normalized spacial score (nSPS) is 30.3. The second kappa shape index (κ2) is 4.58. The Hall–Kier alpha value is -0.610. The van der Waals surface area contributed by atoms with E-state index in [1.807, 2.05) is 0 Å². The second-order valence-electron chi connectivity index (χ2n) is 3.97. The van der Waals surface area contributed by atoms with E-state index < -0.39 is 0 Å². The van der Waals surface area contributed by atoms with Crippen LogP contribution in [0.4, 0.5) is 0 Å². The first-order chi connectivity index (χ1) is 6.08. The van der Waals surface area contributed by atoms with Crippen LogP contribution in [0.2, 0.25) is 0 Å². The quantitative estimate of drug-likeness (QED) is 0.628. The molecule has 2 atom stereocenters. The summed E-state index contributed by atoms with van der Waals surface area (Å²) in [4.78, 5) is 12.6. The van der Waals surface area contributed by atoms with Crippen molar-refractivity contribution in [2.24, 2.45) is 11.7 Å². The van der Waals surface area contributed by atoms with Crippen LogP contribution in [0.1, 0.15) is 19.8 Å². The summed E-state index contributed by atoms with van der Waals surface area (Å²) in [7, 11) is 0. The molecular formula is C9H18N2O2. The number of hydrogen-bond donors (Lipinski definition) is 2. The minimum atomic E-state index is -0.271. The Morgan fingerprint density at radius 3 is 2.85 bits per heavy atom. The Morgan fingerprint density at radius 2 is 2.31 bits per heavy atom. The van der Waals surface area contributed by atoms with Crippen molar-refractivity contribution in [1.29, 1.82) is 0 Å². The number of carbonyl (C=O) groups is 1. The molecule has 1 rings (SSSR count). The van der Waals surface area contributed by atoms with Crippen molar-refractivity contribution in [2.75, 3.05) is 19.6 Å². The van der Waals surface area contributed by atoms with E-state index in [0.717, 1.165) is 13.0 Å². The average Bonchev–Trinajstić information content (AvgIpc) is 1.99. The van der Waals surface area contributed by atoms with Gasteiger partial charge in [0.15, 0.2) is 0 Å². The lowest BCUT2D eigenvalue weighted by molar-refractivity contribution is -0.118. The topological polar surface area (TPSA) is 66.6 Å². The van der Waals surface area contributed by atoms with Crippen molar-refractivity contribution < 1.29 is 9.90 Å². The van der Waals surface area contributed by atoms with Gasteiger partial charge in [0.05, 0.1) is 6.10 Å². The Morgan fingerprint density at radius 1 is 1.62 bits per heavy atom. The minimum absolute atomic E-state index is 0.239. The molecule has 1 aliphatic rings. The zero-order valence-corrected chi connectivity index (χ0v) is 8.07. The summed E-state index contributed by atoms with van der Waals surface area (Å²) in [5, 5.41) is 9.46. The van der Waals surface area contributed by atoms with Gasteiger partial charge in [-0.1, -0.05) is 6.92 Å². The number of aliphatic hydroxyl groups excluding tert-OH is 1. The molecule has 13 heavy (non-hydrogen) atoms. The summed E-state index contributed by atoms with van der Waals surface area (Å²) in [5.74, 6) is 0.240. The smallest absolute Gasteiger partial charge is 0.218 e. The summed E-state index contributed by atoms with van der Waals surface area (Å²) < 4.78 is 0. The molecule has 1 aliphatic heterocycles. The summed E-state index contributed by atoms with van der Waals surface area (Å²) in [5.41, 5.74) is 5.05. The Labute approximate surface area is 78.7 Å². The van der Waals surface area contributed by atoms with Crippen LogP contribution in [0.3, 0.4) is 0 Å². The van der Waals surface area contributed by atoms with Gasteiger partial charge in [-0.15, -0.1) is 0 Å². The lowest BCUT2D eigenvalue weighted by Crippen LogP contribution is -2.43. The maximum Gasteiger partial charge on any atom is 0.218 e. The predicted octanol–water partition coefficient (Wildman–Crippen LogP) is -0.435. The van der Waals surface area contributed by atoms with Crippen molar-refractivity contribution in [3.05, 3.63) is 0 Å². The molecule has 0 spiro atoms. The minimum Gasteiger partial charge on any atom is -0.392 e. The fourth-order valence-electron chi connectivity index (χ4n) is 1.88. The fourth-order valence-corrected chi connectivity index (χ4v) is 1.88. The number of primary amides is 1. The lowest BCUT2D eigenvalue weighted by Gasteiger charge is -2.33. The van der Waals surface area contributed by atoms with Crippen LogP contribution in [-0.4, -0.2) is 41.7 Å². The molecule has 4 nitrogen and oxygen atoms in total. The molecule has 1 fully saturated rings. The van der Waals surface area contributed by atoms with Crippen LogP contribution in [0.5, 0.6) is 0 Å². The van der Waals surface area contributed by atoms with E-state index in [4.69, 9.17) is 5.73 Å². The standard InChI is InChI=1S/C9H18N2O2/c1-7-4-8(12)6-11(5-7)3-2-9(10)13/h7-8,12H,2-6H2,1H3,(H2,10,13). The molecule has 3 N–H and O–H groups in total. The summed E-state index contributed by atoms with van der Waals surface area (Å²) in [6.07, 6.45) is 1.02. The second-order valence-corrected chi connectivity index (χ2v) is 3.97. The summed E-state index contributed by atoms with van der Waals surface area (Å²) >= 11 is 0. The van der Waals surface area contributed by atoms with Crippen LogP contribution in [0.15, 0.2) is 0 Å². The molecule has 0 aromatic carbocycles. The average molecular weight is 186 g/mol. The highest BCUT2D eigenvalue weighted by molar-refractivity contribution is 5.73. The highest BCUT2D eigenvalue weighted by Gasteiger charge is 2.22. The molecule has 4 heteroatoms. The van der Waals surface area contributed by atoms with E-state index >= 15 is 0 Å². The maximum absolute atomic E-state index is 10.5. The Bertz CT molecular complexity index is 174. The SMILES string of the molecule is CC1CC(O)CN(CCC(N)=O)C1. The van der Waals surface area contributed by atoms with E-state index in [-0.39, 0.29) is 12.0 Å². The summed E-state index contributed by atoms with van der Waals surface area (Å²) in [6.45, 7) is 4.43. The molecular weight excluding hydrogens is 168 g/mol. The number of carbonyl (C=O) groups excluding carboxylic acids is 1. The maximum atomic E-state index is 10.5. The molecule has 1 amide bonds. The van der Waals surface area contributed by atoms with Gasteiger partial charge in [-0.2, -0.15) is 0 Å². The molecule has 0 aliphatic carbocycles. The number of nitrogens with zero attached hydrogens (tertiary/aromatic N) is 1. The van der Waals surface area contributed by atoms with E-state index in [1.54, 1.807) is 0 Å². The molecule has 1 saturated heterocycles. The summed E-state index contributed by atoms with van der Waals surface area (Å²) in [6, 6.07) is 0. The van der Waals surface area contributed by atoms with Gasteiger partial charge in [0.2, 0.25) is 5.91 Å². The van der Waals surface area contributed by atoms with Gasteiger partial charge in [0.25, 0.3) is 0 Å². The van der Waals surface area contributed by atoms with Gasteiger partial charge in [-0.05, 0) is 12.3 Å². The van der Waals surface area contributed by atoms with Crippen molar-refractivity contribution >= 4 is 5.91 Å². The monoisotopic (exact) mass is 186 g/mol. The number of nitrogens with two attached hydrogens (primary N) is 1. The van der Waals surface area contributed by atoms with Gasteiger partial charge in [0, 0.05) is 26.1 Å². The van der Waals surface area contributed by atoms with Gasteiger partial charge in [-0.25, -0.2) is 0 Å². The van der Waals surface area contributed by atoms with E-state index in [1.165, 1.54) is 0 Å². The Kier molecular flexibility index (Phi) is 3.69. The molecule has 1 heterocycles. The third kappa shape index (κ3) is 3.74. The van der Waals surface area contributed by atoms with Gasteiger partial charge in [-0.3, -0.25) is 9.69 Å². The van der Waals surface area contributed by atoms with Crippen molar-refractivity contribution in [1.82, 2.24) is 4.90 Å². The molecule has 0 aromatic heterocycles. The third-order valence-electron chi connectivity index (χ3n) is 2.39. The lowest BCUT2D eigenvalue weighted by atomic mass is 9.98. The number of likely N-dealkylation sites (tertiary alicyclic amines) is 1. The van der Waals surface area contributed by atoms with Crippen molar-refractivity contribution in [3.8, 4) is 0 Å². The Balaban J connectivity index is 2.28. The van der Waals surface area contributed by atoms with Crippen LogP contribution in [0, 0.1) is 5.92 Å². The highest BCUT2D eigenvalue weighted by atomic mass is 16.3. The van der Waals surface area contributed by atoms with E-state index in [2.05, 4.69) is 11.8 Å². The first-order valence-corrected chi connectivity index (χ1v) is 4.76. The molecule has 76 valence electrons. The first kappa shape index (κ1) is 10.5. The molecule has 0 bridgehead atoms. The largest absolute Gasteiger partial charge is 0.392 e. The molecule has 0 saturated carbocycles. The van der Waals surface area contributed by atoms with Crippen molar-refractivity contribution in [2.45, 2.75) is 25.9 Å². The molecule has 0 radical (unpaired) electrons. The van der Waals surface area contributed by atoms with Crippen LogP contribution >= 0.6 is 0 Å². The number of piperidine rings is 1. The van der Waals surface area contributed by atoms with Crippen LogP contribution in [-0.2, 0) is 4.79 Å². The molecule has 0 aromatic rings. The van der Waals surface area contributed by atoms with Crippen LogP contribution in [0.25, 0.3) is 0 Å². The highest BCUT2D eigenvalue weighted by Crippen LogP contribution is 2.15. The van der Waals surface area contributed by atoms with E-state index in [0.29, 0.717) is 25.4 Å². The van der Waals surface area contributed by atoms with Crippen LogP contribution < -0.4 is 5.73 Å². The zero-order valence-electron chi connectivity index (χ0n) is 8.07. The van der Waals surface area contributed by atoms with Gasteiger partial charge >= 0.3 is 0 Å². The fraction of sp³-hybridized carbons (Fsp3) is 0.889.